The van der Waals surface area contributed by atoms with Crippen molar-refractivity contribution in [1.82, 2.24) is 0 Å². The second-order valence-electron chi connectivity index (χ2n) is 11.8. The number of hydrogen-bond donors (Lipinski definition) is 0. The molecule has 5 unspecified atom stereocenters. The number of rotatable bonds is 13. The molecule has 1 spiro atoms. The van der Waals surface area contributed by atoms with E-state index in [2.05, 4.69) is 27.7 Å². The van der Waals surface area contributed by atoms with E-state index in [1.165, 1.54) is 12.5 Å². The van der Waals surface area contributed by atoms with Crippen LogP contribution in [0.15, 0.2) is 30.3 Å². The van der Waals surface area contributed by atoms with E-state index in [0.29, 0.717) is 5.92 Å². The van der Waals surface area contributed by atoms with Crippen molar-refractivity contribution in [3.63, 3.8) is 0 Å². The van der Waals surface area contributed by atoms with Gasteiger partial charge in [0.05, 0.1) is 25.7 Å². The Morgan fingerprint density at radius 2 is 1.86 bits per heavy atom. The fourth-order valence-corrected chi connectivity index (χ4v) is 6.47. The van der Waals surface area contributed by atoms with Crippen LogP contribution in [0, 0.1) is 17.8 Å². The standard InChI is InChI=1S/C31H46O6/c1-7-8-9-10-23-19-31(20-35-31)29(30(4)25(37-30)17-11-21(2)3)28(34-6)27(23)36-26(32)18-14-22-12-15-24(33-5)16-13-22/h12-16,18,21,23,25,27-29H,7-11,17,19-20H2,1-6H3/t23?,25-,27?,28?,29?,30+,31?/m1/s1. The molecule has 2 saturated heterocycles. The molecule has 7 atom stereocenters. The number of ether oxygens (including phenoxy) is 5. The van der Waals surface area contributed by atoms with Crippen LogP contribution >= 0.6 is 0 Å². The van der Waals surface area contributed by atoms with Crippen molar-refractivity contribution < 1.29 is 28.5 Å². The maximum Gasteiger partial charge on any atom is 0.331 e. The SMILES string of the molecule is CCCCCC1CC2(CO2)C([C@@]2(C)O[C@@H]2CCC(C)C)C(OC)C1OC(=O)C=Cc1ccc(OC)cc1. The van der Waals surface area contributed by atoms with Crippen molar-refractivity contribution in [2.45, 2.75) is 102 Å². The van der Waals surface area contributed by atoms with E-state index in [1.807, 2.05) is 24.3 Å². The topological polar surface area (TPSA) is 69.8 Å². The summed E-state index contributed by atoms with van der Waals surface area (Å²) in [5.74, 6) is 1.31. The third kappa shape index (κ3) is 6.40. The van der Waals surface area contributed by atoms with Crippen LogP contribution in [0.2, 0.25) is 0 Å². The Labute approximate surface area is 223 Å². The zero-order valence-corrected chi connectivity index (χ0v) is 23.5. The molecule has 0 N–H and O–H groups in total. The van der Waals surface area contributed by atoms with E-state index < -0.39 is 0 Å². The van der Waals surface area contributed by atoms with Gasteiger partial charge in [0.1, 0.15) is 29.2 Å². The van der Waals surface area contributed by atoms with E-state index >= 15 is 0 Å². The fraction of sp³-hybridized carbons (Fsp3) is 0.710. The van der Waals surface area contributed by atoms with Crippen LogP contribution in [0.25, 0.3) is 6.08 Å². The molecule has 3 fully saturated rings. The number of unbranched alkanes of at least 4 members (excludes halogenated alkanes) is 2. The molecule has 6 nitrogen and oxygen atoms in total. The van der Waals surface area contributed by atoms with Gasteiger partial charge in [-0.05, 0) is 62.3 Å². The van der Waals surface area contributed by atoms with Crippen LogP contribution in [0.3, 0.4) is 0 Å². The molecule has 6 heteroatoms. The Morgan fingerprint density at radius 1 is 1.14 bits per heavy atom. The maximum atomic E-state index is 13.1. The largest absolute Gasteiger partial charge is 0.497 e. The Kier molecular flexibility index (Phi) is 9.03. The summed E-state index contributed by atoms with van der Waals surface area (Å²) in [5.41, 5.74) is 0.365. The van der Waals surface area contributed by atoms with Gasteiger partial charge in [0.25, 0.3) is 0 Å². The van der Waals surface area contributed by atoms with Crippen molar-refractivity contribution in [2.75, 3.05) is 20.8 Å². The normalized spacial score (nSPS) is 34.7. The number of methoxy groups -OCH3 is 2. The average molecular weight is 515 g/mol. The van der Waals surface area contributed by atoms with Crippen molar-refractivity contribution in [3.05, 3.63) is 35.9 Å². The first-order chi connectivity index (χ1) is 17.8. The molecule has 4 rings (SSSR count). The number of carbonyl (C=O) groups excluding carboxylic acids is 1. The van der Waals surface area contributed by atoms with E-state index in [1.54, 1.807) is 20.3 Å². The van der Waals surface area contributed by atoms with E-state index in [-0.39, 0.29) is 47.3 Å². The lowest BCUT2D eigenvalue weighted by molar-refractivity contribution is -0.179. The van der Waals surface area contributed by atoms with Crippen LogP contribution in [-0.2, 0) is 23.7 Å². The maximum absolute atomic E-state index is 13.1. The molecule has 206 valence electrons. The van der Waals surface area contributed by atoms with Crippen LogP contribution in [0.1, 0.15) is 78.2 Å². The number of benzene rings is 1. The molecule has 2 heterocycles. The lowest BCUT2D eigenvalue weighted by Gasteiger charge is -2.46. The van der Waals surface area contributed by atoms with Crippen LogP contribution in [0.4, 0.5) is 0 Å². The lowest BCUT2D eigenvalue weighted by Crippen LogP contribution is -2.59. The monoisotopic (exact) mass is 514 g/mol. The molecule has 0 amide bonds. The average Bonchev–Trinajstić information content (AvgIpc) is 3.80. The fourth-order valence-electron chi connectivity index (χ4n) is 6.47. The Morgan fingerprint density at radius 3 is 2.46 bits per heavy atom. The second-order valence-corrected chi connectivity index (χ2v) is 11.8. The molecule has 2 aliphatic heterocycles. The van der Waals surface area contributed by atoms with Gasteiger partial charge in [-0.1, -0.05) is 52.2 Å². The summed E-state index contributed by atoms with van der Waals surface area (Å²) in [4.78, 5) is 13.1. The molecule has 37 heavy (non-hydrogen) atoms. The highest BCUT2D eigenvalue weighted by molar-refractivity contribution is 5.87. The minimum Gasteiger partial charge on any atom is -0.497 e. The van der Waals surface area contributed by atoms with Crippen LogP contribution < -0.4 is 4.74 Å². The third-order valence-electron chi connectivity index (χ3n) is 8.64. The molecule has 3 aliphatic rings. The summed E-state index contributed by atoms with van der Waals surface area (Å²) < 4.78 is 30.2. The highest BCUT2D eigenvalue weighted by atomic mass is 16.6. The molecule has 0 radical (unpaired) electrons. The van der Waals surface area contributed by atoms with Crippen molar-refractivity contribution in [3.8, 4) is 5.75 Å². The van der Waals surface area contributed by atoms with E-state index in [0.717, 1.165) is 56.4 Å². The molecule has 1 aromatic rings. The number of hydrogen-bond acceptors (Lipinski definition) is 6. The van der Waals surface area contributed by atoms with Crippen molar-refractivity contribution in [1.29, 1.82) is 0 Å². The predicted octanol–water partition coefficient (Wildman–Crippen LogP) is 6.21. The Hall–Kier alpha value is -1.89. The van der Waals surface area contributed by atoms with Crippen LogP contribution in [0.5, 0.6) is 5.75 Å². The van der Waals surface area contributed by atoms with Gasteiger partial charge in [-0.3, -0.25) is 0 Å². The van der Waals surface area contributed by atoms with Gasteiger partial charge in [-0.15, -0.1) is 0 Å². The number of esters is 1. The number of epoxide rings is 2. The summed E-state index contributed by atoms with van der Waals surface area (Å²) >= 11 is 0. The van der Waals surface area contributed by atoms with E-state index in [4.69, 9.17) is 23.7 Å². The summed E-state index contributed by atoms with van der Waals surface area (Å²) in [6, 6.07) is 7.59. The summed E-state index contributed by atoms with van der Waals surface area (Å²) in [7, 11) is 3.38. The Balaban J connectivity index is 1.52. The summed E-state index contributed by atoms with van der Waals surface area (Å²) in [6.45, 7) is 9.65. The van der Waals surface area contributed by atoms with Gasteiger partial charge >= 0.3 is 5.97 Å². The lowest BCUT2D eigenvalue weighted by atomic mass is 9.63. The van der Waals surface area contributed by atoms with Crippen LogP contribution in [-0.4, -0.2) is 56.3 Å². The highest BCUT2D eigenvalue weighted by Crippen LogP contribution is 2.61. The van der Waals surface area contributed by atoms with Gasteiger partial charge in [-0.2, -0.15) is 0 Å². The van der Waals surface area contributed by atoms with Gasteiger partial charge in [0.15, 0.2) is 0 Å². The molecule has 0 aromatic heterocycles. The first kappa shape index (κ1) is 28.1. The molecular formula is C31H46O6. The van der Waals surface area contributed by atoms with Gasteiger partial charge in [-0.25, -0.2) is 4.79 Å². The summed E-state index contributed by atoms with van der Waals surface area (Å²) in [5, 5.41) is 0. The minimum atomic E-state index is -0.340. The smallest absolute Gasteiger partial charge is 0.331 e. The second kappa shape index (κ2) is 11.9. The first-order valence-electron chi connectivity index (χ1n) is 14.1. The highest BCUT2D eigenvalue weighted by Gasteiger charge is 2.73. The molecule has 1 saturated carbocycles. The zero-order chi connectivity index (χ0) is 26.6. The zero-order valence-electron chi connectivity index (χ0n) is 23.5. The van der Waals surface area contributed by atoms with Crippen molar-refractivity contribution in [2.24, 2.45) is 17.8 Å². The number of carbonyl (C=O) groups is 1. The van der Waals surface area contributed by atoms with Gasteiger partial charge in [0, 0.05) is 19.1 Å². The quantitative estimate of drug-likeness (QED) is 0.135. The van der Waals surface area contributed by atoms with Crippen molar-refractivity contribution >= 4 is 12.0 Å². The molecular weight excluding hydrogens is 468 g/mol. The molecule has 1 aromatic carbocycles. The van der Waals surface area contributed by atoms with Gasteiger partial charge in [0.2, 0.25) is 0 Å². The predicted molar refractivity (Wildman–Crippen MR) is 144 cm³/mol. The third-order valence-corrected chi connectivity index (χ3v) is 8.64. The van der Waals surface area contributed by atoms with Gasteiger partial charge < -0.3 is 23.7 Å². The van der Waals surface area contributed by atoms with E-state index in [9.17, 15) is 4.79 Å². The molecule has 1 aliphatic carbocycles. The first-order valence-corrected chi connectivity index (χ1v) is 14.1. The Bertz CT molecular complexity index is 920. The summed E-state index contributed by atoms with van der Waals surface area (Å²) in [6.07, 6.45) is 10.4. The minimum absolute atomic E-state index is 0.0351. The molecule has 0 bridgehead atoms.